The summed E-state index contributed by atoms with van der Waals surface area (Å²) in [7, 11) is 3.51. The van der Waals surface area contributed by atoms with E-state index in [0.29, 0.717) is 0 Å². The Morgan fingerprint density at radius 1 is 1.23 bits per heavy atom. The second-order valence-electron chi connectivity index (χ2n) is 6.94. The van der Waals surface area contributed by atoms with Gasteiger partial charge in [0.1, 0.15) is 5.75 Å². The van der Waals surface area contributed by atoms with Gasteiger partial charge in [-0.15, -0.1) is 24.0 Å². The molecule has 1 heterocycles. The number of guanidine groups is 1. The van der Waals surface area contributed by atoms with Crippen molar-refractivity contribution in [1.29, 1.82) is 0 Å². The molecule has 0 saturated carbocycles. The molecule has 0 amide bonds. The number of hydrogen-bond donors (Lipinski definition) is 2. The highest BCUT2D eigenvalue weighted by Crippen LogP contribution is 2.16. The third kappa shape index (κ3) is 8.58. The molecule has 1 fully saturated rings. The van der Waals surface area contributed by atoms with Gasteiger partial charge in [0.15, 0.2) is 5.96 Å². The molecule has 5 nitrogen and oxygen atoms in total. The molecule has 1 saturated heterocycles. The van der Waals surface area contributed by atoms with Gasteiger partial charge in [-0.25, -0.2) is 0 Å². The van der Waals surface area contributed by atoms with Gasteiger partial charge in [-0.3, -0.25) is 4.99 Å². The van der Waals surface area contributed by atoms with Crippen molar-refractivity contribution in [2.45, 2.75) is 39.2 Å². The van der Waals surface area contributed by atoms with Gasteiger partial charge < -0.3 is 20.3 Å². The Labute approximate surface area is 176 Å². The summed E-state index contributed by atoms with van der Waals surface area (Å²) in [4.78, 5) is 6.90. The minimum absolute atomic E-state index is 0. The molecule has 1 aromatic rings. The van der Waals surface area contributed by atoms with Crippen LogP contribution in [0.2, 0.25) is 0 Å². The van der Waals surface area contributed by atoms with Crippen LogP contribution in [0.3, 0.4) is 0 Å². The topological polar surface area (TPSA) is 48.9 Å². The fraction of sp³-hybridized carbons (Fsp3) is 0.650. The monoisotopic (exact) mass is 474 g/mol. The number of methoxy groups -OCH3 is 1. The SMILES string of the molecule is CN=C(NCCCCN1CCC(C)CC1)NCc1cccc(OC)c1.I. The van der Waals surface area contributed by atoms with Crippen molar-refractivity contribution >= 4 is 29.9 Å². The van der Waals surface area contributed by atoms with E-state index in [2.05, 4.69) is 33.5 Å². The number of rotatable bonds is 8. The zero-order valence-corrected chi connectivity index (χ0v) is 18.8. The highest BCUT2D eigenvalue weighted by Gasteiger charge is 2.14. The summed E-state index contributed by atoms with van der Waals surface area (Å²) in [6, 6.07) is 8.09. The molecule has 1 aliphatic heterocycles. The molecule has 2 rings (SSSR count). The lowest BCUT2D eigenvalue weighted by Gasteiger charge is -2.30. The van der Waals surface area contributed by atoms with E-state index in [1.54, 1.807) is 7.11 Å². The van der Waals surface area contributed by atoms with E-state index in [9.17, 15) is 0 Å². The summed E-state index contributed by atoms with van der Waals surface area (Å²) in [5, 5.41) is 6.76. The van der Waals surface area contributed by atoms with Gasteiger partial charge in [0.05, 0.1) is 7.11 Å². The number of ether oxygens (including phenoxy) is 1. The van der Waals surface area contributed by atoms with Crippen molar-refractivity contribution in [2.24, 2.45) is 10.9 Å². The van der Waals surface area contributed by atoms with Crippen LogP contribution in [0.1, 0.15) is 38.2 Å². The average Bonchev–Trinajstić information content (AvgIpc) is 2.65. The lowest BCUT2D eigenvalue weighted by molar-refractivity contribution is 0.189. The largest absolute Gasteiger partial charge is 0.497 e. The minimum atomic E-state index is 0. The van der Waals surface area contributed by atoms with E-state index in [4.69, 9.17) is 4.74 Å². The van der Waals surface area contributed by atoms with Gasteiger partial charge >= 0.3 is 0 Å². The molecule has 1 aromatic carbocycles. The smallest absolute Gasteiger partial charge is 0.191 e. The third-order valence-electron chi connectivity index (χ3n) is 4.89. The lowest BCUT2D eigenvalue weighted by Crippen LogP contribution is -2.38. The molecule has 0 aliphatic carbocycles. The zero-order valence-electron chi connectivity index (χ0n) is 16.5. The number of benzene rings is 1. The second kappa shape index (κ2) is 13.2. The molecule has 0 aromatic heterocycles. The van der Waals surface area contributed by atoms with Crippen LogP contribution in [0, 0.1) is 5.92 Å². The molecule has 0 unspecified atom stereocenters. The number of nitrogens with one attached hydrogen (secondary N) is 2. The standard InChI is InChI=1S/C20H34N4O.HI/c1-17-9-13-24(14-10-17)12-5-4-11-22-20(21-2)23-16-18-7-6-8-19(15-18)25-3;/h6-8,15,17H,4-5,9-14,16H2,1-3H3,(H2,21,22,23);1H. The number of likely N-dealkylation sites (tertiary alicyclic amines) is 1. The van der Waals surface area contributed by atoms with Crippen LogP contribution in [0.25, 0.3) is 0 Å². The van der Waals surface area contributed by atoms with Gasteiger partial charge in [0.25, 0.3) is 0 Å². The summed E-state index contributed by atoms with van der Waals surface area (Å²) in [5.41, 5.74) is 1.18. The van der Waals surface area contributed by atoms with Crippen molar-refractivity contribution in [3.05, 3.63) is 29.8 Å². The molecule has 0 atom stereocenters. The number of nitrogens with zero attached hydrogens (tertiary/aromatic N) is 2. The first-order valence-electron chi connectivity index (χ1n) is 9.51. The normalized spacial score (nSPS) is 16.0. The van der Waals surface area contributed by atoms with Crippen LogP contribution in [0.4, 0.5) is 0 Å². The van der Waals surface area contributed by atoms with E-state index in [1.165, 1.54) is 50.9 Å². The average molecular weight is 474 g/mol. The maximum atomic E-state index is 5.26. The fourth-order valence-electron chi connectivity index (χ4n) is 3.14. The van der Waals surface area contributed by atoms with Gasteiger partial charge in [0, 0.05) is 20.1 Å². The Morgan fingerprint density at radius 2 is 2.00 bits per heavy atom. The second-order valence-corrected chi connectivity index (χ2v) is 6.94. The first-order valence-corrected chi connectivity index (χ1v) is 9.51. The highest BCUT2D eigenvalue weighted by molar-refractivity contribution is 14.0. The molecular formula is C20H35IN4O. The van der Waals surface area contributed by atoms with Crippen molar-refractivity contribution < 1.29 is 4.74 Å². The van der Waals surface area contributed by atoms with Gasteiger partial charge in [-0.1, -0.05) is 19.1 Å². The first kappa shape index (κ1) is 23.0. The molecule has 0 spiro atoms. The summed E-state index contributed by atoms with van der Waals surface area (Å²) < 4.78 is 5.26. The zero-order chi connectivity index (χ0) is 17.9. The molecule has 26 heavy (non-hydrogen) atoms. The van der Waals surface area contributed by atoms with Crippen LogP contribution in [0.5, 0.6) is 5.75 Å². The Balaban J connectivity index is 0.00000338. The Morgan fingerprint density at radius 3 is 2.69 bits per heavy atom. The number of piperidine rings is 1. The maximum Gasteiger partial charge on any atom is 0.191 e. The van der Waals surface area contributed by atoms with Crippen molar-refractivity contribution in [3.8, 4) is 5.75 Å². The number of halogens is 1. The van der Waals surface area contributed by atoms with E-state index in [-0.39, 0.29) is 24.0 Å². The summed E-state index contributed by atoms with van der Waals surface area (Å²) in [6.45, 7) is 7.84. The maximum absolute atomic E-state index is 5.26. The molecular weight excluding hydrogens is 439 g/mol. The highest BCUT2D eigenvalue weighted by atomic mass is 127. The minimum Gasteiger partial charge on any atom is -0.497 e. The molecule has 2 N–H and O–H groups in total. The van der Waals surface area contributed by atoms with Gasteiger partial charge in [-0.05, 0) is 68.9 Å². The summed E-state index contributed by atoms with van der Waals surface area (Å²) in [6.07, 6.45) is 5.14. The predicted molar refractivity (Wildman–Crippen MR) is 121 cm³/mol. The van der Waals surface area contributed by atoms with Crippen molar-refractivity contribution in [3.63, 3.8) is 0 Å². The number of hydrogen-bond acceptors (Lipinski definition) is 3. The van der Waals surface area contributed by atoms with Crippen molar-refractivity contribution in [2.75, 3.05) is 40.3 Å². The molecule has 0 bridgehead atoms. The summed E-state index contributed by atoms with van der Waals surface area (Å²) >= 11 is 0. The van der Waals surface area contributed by atoms with E-state index in [1.807, 2.05) is 25.2 Å². The Kier molecular flexibility index (Phi) is 11.7. The molecule has 0 radical (unpaired) electrons. The van der Waals surface area contributed by atoms with Crippen molar-refractivity contribution in [1.82, 2.24) is 15.5 Å². The number of aliphatic imine (C=N–C) groups is 1. The quantitative estimate of drug-likeness (QED) is 0.262. The number of unbranched alkanes of at least 4 members (excludes halogenated alkanes) is 1. The lowest BCUT2D eigenvalue weighted by atomic mass is 9.99. The van der Waals surface area contributed by atoms with E-state index < -0.39 is 0 Å². The Hall–Kier alpha value is -1.02. The van der Waals surface area contributed by atoms with Crippen LogP contribution >= 0.6 is 24.0 Å². The van der Waals surface area contributed by atoms with Crippen LogP contribution in [-0.2, 0) is 6.54 Å². The van der Waals surface area contributed by atoms with Crippen LogP contribution < -0.4 is 15.4 Å². The first-order chi connectivity index (χ1) is 12.2. The summed E-state index contributed by atoms with van der Waals surface area (Å²) in [5.74, 6) is 2.65. The fourth-order valence-corrected chi connectivity index (χ4v) is 3.14. The van der Waals surface area contributed by atoms with Gasteiger partial charge in [0.2, 0.25) is 0 Å². The Bertz CT molecular complexity index is 530. The van der Waals surface area contributed by atoms with E-state index >= 15 is 0 Å². The molecule has 148 valence electrons. The third-order valence-corrected chi connectivity index (χ3v) is 4.89. The molecule has 1 aliphatic rings. The van der Waals surface area contributed by atoms with E-state index in [0.717, 1.165) is 30.7 Å². The van der Waals surface area contributed by atoms with Gasteiger partial charge in [-0.2, -0.15) is 0 Å². The molecule has 6 heteroatoms. The van der Waals surface area contributed by atoms with Crippen LogP contribution in [0.15, 0.2) is 29.3 Å². The van der Waals surface area contributed by atoms with Crippen LogP contribution in [-0.4, -0.2) is 51.2 Å². The predicted octanol–water partition coefficient (Wildman–Crippen LogP) is 3.49.